The van der Waals surface area contributed by atoms with Gasteiger partial charge in [0.2, 0.25) is 0 Å². The molecular formula is C16H22IN5O2. The molecule has 0 saturated carbocycles. The number of hydrogen-bond donors (Lipinski definition) is 2. The molecule has 0 amide bonds. The van der Waals surface area contributed by atoms with Crippen LogP contribution in [0, 0.1) is 0 Å². The molecule has 1 aliphatic rings. The number of esters is 1. The summed E-state index contributed by atoms with van der Waals surface area (Å²) in [7, 11) is 0. The van der Waals surface area contributed by atoms with Gasteiger partial charge in [-0.2, -0.15) is 5.10 Å². The Morgan fingerprint density at radius 1 is 1.46 bits per heavy atom. The normalized spacial score (nSPS) is 13.1. The maximum absolute atomic E-state index is 11.8. The highest BCUT2D eigenvalue weighted by molar-refractivity contribution is 14.0. The van der Waals surface area contributed by atoms with E-state index in [4.69, 9.17) is 4.74 Å². The summed E-state index contributed by atoms with van der Waals surface area (Å²) >= 11 is 0. The van der Waals surface area contributed by atoms with Gasteiger partial charge in [-0.15, -0.1) is 24.0 Å². The van der Waals surface area contributed by atoms with Gasteiger partial charge in [0, 0.05) is 25.0 Å². The highest BCUT2D eigenvalue weighted by atomic mass is 127. The SMILES string of the molecule is CCOC(=O)c1ccc2c(cnn2CCCNC2=NCCN2)c1.I. The molecule has 0 fully saturated rings. The van der Waals surface area contributed by atoms with Crippen LogP contribution in [0.25, 0.3) is 10.9 Å². The highest BCUT2D eigenvalue weighted by Gasteiger charge is 2.10. The van der Waals surface area contributed by atoms with Gasteiger partial charge in [0.1, 0.15) is 0 Å². The third-order valence-corrected chi connectivity index (χ3v) is 3.67. The number of nitrogens with one attached hydrogen (secondary N) is 2. The number of guanidine groups is 1. The van der Waals surface area contributed by atoms with Crippen LogP contribution in [0.5, 0.6) is 0 Å². The van der Waals surface area contributed by atoms with E-state index < -0.39 is 0 Å². The number of carbonyl (C=O) groups is 1. The number of aryl methyl sites for hydroxylation is 1. The molecule has 8 heteroatoms. The van der Waals surface area contributed by atoms with Crippen molar-refractivity contribution in [3.05, 3.63) is 30.0 Å². The molecule has 0 saturated heterocycles. The highest BCUT2D eigenvalue weighted by Crippen LogP contribution is 2.16. The number of fused-ring (bicyclic) bond motifs is 1. The molecule has 130 valence electrons. The molecule has 7 nitrogen and oxygen atoms in total. The maximum Gasteiger partial charge on any atom is 0.338 e. The predicted octanol–water partition coefficient (Wildman–Crippen LogP) is 1.77. The Bertz CT molecular complexity index is 728. The van der Waals surface area contributed by atoms with Gasteiger partial charge in [0.15, 0.2) is 5.96 Å². The first-order chi connectivity index (χ1) is 11.3. The lowest BCUT2D eigenvalue weighted by Crippen LogP contribution is -2.34. The molecule has 24 heavy (non-hydrogen) atoms. The predicted molar refractivity (Wildman–Crippen MR) is 104 cm³/mol. The second kappa shape index (κ2) is 8.86. The Kier molecular flexibility index (Phi) is 6.83. The van der Waals surface area contributed by atoms with Gasteiger partial charge in [0.25, 0.3) is 0 Å². The first-order valence-corrected chi connectivity index (χ1v) is 7.93. The van der Waals surface area contributed by atoms with Crippen molar-refractivity contribution in [2.24, 2.45) is 4.99 Å². The van der Waals surface area contributed by atoms with Crippen LogP contribution in [0.1, 0.15) is 23.7 Å². The molecule has 0 aliphatic carbocycles. The van der Waals surface area contributed by atoms with E-state index in [0.717, 1.165) is 49.5 Å². The zero-order chi connectivity index (χ0) is 16.1. The molecule has 1 aliphatic heterocycles. The summed E-state index contributed by atoms with van der Waals surface area (Å²) in [6.45, 7) is 5.58. The van der Waals surface area contributed by atoms with Crippen molar-refractivity contribution < 1.29 is 9.53 Å². The smallest absolute Gasteiger partial charge is 0.338 e. The summed E-state index contributed by atoms with van der Waals surface area (Å²) in [5.41, 5.74) is 1.58. The van der Waals surface area contributed by atoms with Gasteiger partial charge >= 0.3 is 5.97 Å². The van der Waals surface area contributed by atoms with Crippen molar-refractivity contribution in [2.75, 3.05) is 26.2 Å². The fourth-order valence-corrected chi connectivity index (χ4v) is 2.56. The van der Waals surface area contributed by atoms with Crippen LogP contribution >= 0.6 is 24.0 Å². The molecule has 0 bridgehead atoms. The zero-order valence-electron chi connectivity index (χ0n) is 13.6. The topological polar surface area (TPSA) is 80.5 Å². The Balaban J connectivity index is 0.00000208. The second-order valence-electron chi connectivity index (χ2n) is 5.30. The van der Waals surface area contributed by atoms with Crippen molar-refractivity contribution in [1.29, 1.82) is 0 Å². The number of aliphatic imine (C=N–C) groups is 1. The largest absolute Gasteiger partial charge is 0.462 e. The minimum atomic E-state index is -0.295. The molecule has 2 heterocycles. The average molecular weight is 443 g/mol. The lowest BCUT2D eigenvalue weighted by molar-refractivity contribution is 0.0526. The van der Waals surface area contributed by atoms with Gasteiger partial charge < -0.3 is 15.4 Å². The molecule has 0 atom stereocenters. The lowest BCUT2D eigenvalue weighted by Gasteiger charge is -2.07. The summed E-state index contributed by atoms with van der Waals surface area (Å²) in [5, 5.41) is 11.8. The minimum absolute atomic E-state index is 0. The quantitative estimate of drug-likeness (QED) is 0.404. The fraction of sp³-hybridized carbons (Fsp3) is 0.438. The molecule has 0 unspecified atom stereocenters. The van der Waals surface area contributed by atoms with Crippen LogP contribution < -0.4 is 10.6 Å². The maximum atomic E-state index is 11.8. The van der Waals surface area contributed by atoms with E-state index in [-0.39, 0.29) is 29.9 Å². The van der Waals surface area contributed by atoms with Crippen LogP contribution in [0.3, 0.4) is 0 Å². The van der Waals surface area contributed by atoms with E-state index in [1.54, 1.807) is 19.2 Å². The van der Waals surface area contributed by atoms with E-state index in [9.17, 15) is 4.79 Å². The molecular weight excluding hydrogens is 421 g/mol. The van der Waals surface area contributed by atoms with E-state index in [0.29, 0.717) is 12.2 Å². The standard InChI is InChI=1S/C16H21N5O2.HI/c1-2-23-15(22)12-4-5-14-13(10-12)11-20-21(14)9-3-6-17-16-18-7-8-19-16;/h4-5,10-11H,2-3,6-9H2,1H3,(H2,17,18,19);1H. The third kappa shape index (κ3) is 4.37. The molecule has 0 spiro atoms. The first kappa shape index (κ1) is 18.5. The van der Waals surface area contributed by atoms with Gasteiger partial charge in [-0.1, -0.05) is 0 Å². The number of aromatic nitrogens is 2. The molecule has 1 aromatic heterocycles. The second-order valence-corrected chi connectivity index (χ2v) is 5.30. The van der Waals surface area contributed by atoms with Crippen molar-refractivity contribution >= 4 is 46.8 Å². The van der Waals surface area contributed by atoms with Crippen LogP contribution in [0.15, 0.2) is 29.4 Å². The van der Waals surface area contributed by atoms with Crippen LogP contribution in [-0.2, 0) is 11.3 Å². The van der Waals surface area contributed by atoms with Crippen molar-refractivity contribution in [2.45, 2.75) is 19.9 Å². The number of nitrogens with zero attached hydrogens (tertiary/aromatic N) is 3. The summed E-state index contributed by atoms with van der Waals surface area (Å²) in [6.07, 6.45) is 2.73. The van der Waals surface area contributed by atoms with Crippen molar-refractivity contribution in [3.8, 4) is 0 Å². The van der Waals surface area contributed by atoms with E-state index >= 15 is 0 Å². The van der Waals surface area contributed by atoms with Crippen LogP contribution in [0.2, 0.25) is 0 Å². The van der Waals surface area contributed by atoms with Crippen LogP contribution in [0.4, 0.5) is 0 Å². The summed E-state index contributed by atoms with van der Waals surface area (Å²) in [5.74, 6) is 0.589. The van der Waals surface area contributed by atoms with E-state index in [1.807, 2.05) is 16.8 Å². The van der Waals surface area contributed by atoms with Gasteiger partial charge in [0.05, 0.1) is 30.4 Å². The molecule has 0 radical (unpaired) electrons. The Morgan fingerprint density at radius 2 is 2.33 bits per heavy atom. The van der Waals surface area contributed by atoms with Crippen LogP contribution in [-0.4, -0.2) is 48.0 Å². The zero-order valence-corrected chi connectivity index (χ0v) is 15.9. The molecule has 3 rings (SSSR count). The molecule has 1 aromatic carbocycles. The van der Waals surface area contributed by atoms with E-state index in [2.05, 4.69) is 20.7 Å². The Hall–Kier alpha value is -1.84. The fourth-order valence-electron chi connectivity index (χ4n) is 2.56. The van der Waals surface area contributed by atoms with E-state index in [1.165, 1.54) is 0 Å². The van der Waals surface area contributed by atoms with Gasteiger partial charge in [-0.3, -0.25) is 9.67 Å². The molecule has 2 N–H and O–H groups in total. The molecule has 2 aromatic rings. The average Bonchev–Trinajstić information content (AvgIpc) is 3.21. The Morgan fingerprint density at radius 3 is 3.08 bits per heavy atom. The van der Waals surface area contributed by atoms with Gasteiger partial charge in [-0.25, -0.2) is 4.79 Å². The number of ether oxygens (including phenoxy) is 1. The number of rotatable bonds is 6. The number of carbonyl (C=O) groups excluding carboxylic acids is 1. The minimum Gasteiger partial charge on any atom is -0.462 e. The summed E-state index contributed by atoms with van der Waals surface area (Å²) < 4.78 is 6.97. The first-order valence-electron chi connectivity index (χ1n) is 7.93. The monoisotopic (exact) mass is 443 g/mol. The van der Waals surface area contributed by atoms with Crippen molar-refractivity contribution in [3.63, 3.8) is 0 Å². The summed E-state index contributed by atoms with van der Waals surface area (Å²) in [4.78, 5) is 16.0. The number of hydrogen-bond acceptors (Lipinski definition) is 6. The lowest BCUT2D eigenvalue weighted by atomic mass is 10.1. The number of halogens is 1. The third-order valence-electron chi connectivity index (χ3n) is 3.67. The number of benzene rings is 1. The van der Waals surface area contributed by atoms with Crippen molar-refractivity contribution in [1.82, 2.24) is 20.4 Å². The van der Waals surface area contributed by atoms with Gasteiger partial charge in [-0.05, 0) is 31.5 Å². The Labute approximate surface area is 157 Å². The summed E-state index contributed by atoms with van der Waals surface area (Å²) in [6, 6.07) is 5.53.